The Labute approximate surface area is 243 Å². The van der Waals surface area contributed by atoms with E-state index in [0.29, 0.717) is 59.0 Å². The molecule has 2 aromatic carbocycles. The zero-order chi connectivity index (χ0) is 29.6. The van der Waals surface area contributed by atoms with E-state index >= 15 is 0 Å². The number of hydrogen-bond donors (Lipinski definition) is 2. The maximum absolute atomic E-state index is 13.5. The molecule has 42 heavy (non-hydrogen) atoms. The third kappa shape index (κ3) is 4.90. The third-order valence-electron chi connectivity index (χ3n) is 7.30. The predicted molar refractivity (Wildman–Crippen MR) is 158 cm³/mol. The van der Waals surface area contributed by atoms with Crippen molar-refractivity contribution in [2.24, 2.45) is 7.05 Å². The fourth-order valence-electron chi connectivity index (χ4n) is 5.43. The van der Waals surface area contributed by atoms with Crippen molar-refractivity contribution in [3.63, 3.8) is 0 Å². The largest absolute Gasteiger partial charge is 0.454 e. The second-order valence-corrected chi connectivity index (χ2v) is 11.5. The summed E-state index contributed by atoms with van der Waals surface area (Å²) in [6.07, 6.45) is 4.82. The lowest BCUT2D eigenvalue weighted by Gasteiger charge is -2.38. The van der Waals surface area contributed by atoms with Gasteiger partial charge in [-0.05, 0) is 45.4 Å². The number of amides is 1. The zero-order valence-electron chi connectivity index (χ0n) is 24.2. The molecule has 5 aromatic rings. The number of fused-ring (bicyclic) bond motifs is 2. The van der Waals surface area contributed by atoms with Gasteiger partial charge < -0.3 is 14.8 Å². The molecule has 6 rings (SSSR count). The van der Waals surface area contributed by atoms with E-state index in [4.69, 9.17) is 14.5 Å². The number of pyridine rings is 1. The summed E-state index contributed by atoms with van der Waals surface area (Å²) in [5.41, 5.74) is 3.91. The number of nitrogens with one attached hydrogen (secondary N) is 2. The van der Waals surface area contributed by atoms with Gasteiger partial charge in [-0.25, -0.2) is 9.78 Å². The van der Waals surface area contributed by atoms with Crippen LogP contribution in [0.3, 0.4) is 0 Å². The van der Waals surface area contributed by atoms with Crippen LogP contribution in [0.1, 0.15) is 43.5 Å². The summed E-state index contributed by atoms with van der Waals surface area (Å²) < 4.78 is 14.1. The number of rotatable bonds is 4. The fourth-order valence-corrected chi connectivity index (χ4v) is 5.43. The van der Waals surface area contributed by atoms with Crippen LogP contribution < -0.4 is 10.1 Å². The van der Waals surface area contributed by atoms with Crippen LogP contribution in [0.25, 0.3) is 33.1 Å². The lowest BCUT2D eigenvalue weighted by Crippen LogP contribution is -2.50. The molecule has 214 valence electrons. The Balaban J connectivity index is 1.59. The molecule has 1 fully saturated rings. The van der Waals surface area contributed by atoms with Gasteiger partial charge in [0.2, 0.25) is 0 Å². The van der Waals surface area contributed by atoms with Crippen LogP contribution in [0.15, 0.2) is 48.9 Å². The average Bonchev–Trinajstić information content (AvgIpc) is 3.62. The minimum Gasteiger partial charge on any atom is -0.454 e. The summed E-state index contributed by atoms with van der Waals surface area (Å²) in [5.74, 6) is 1.19. The molecule has 1 atom stereocenters. The Morgan fingerprint density at radius 3 is 2.74 bits per heavy atom. The Kier molecular flexibility index (Phi) is 6.79. The first-order valence-electron chi connectivity index (χ1n) is 13.8. The van der Waals surface area contributed by atoms with E-state index in [0.717, 1.165) is 21.9 Å². The monoisotopic (exact) mass is 564 g/mol. The second kappa shape index (κ2) is 10.5. The lowest BCUT2D eigenvalue weighted by molar-refractivity contribution is 0.0119. The number of hydrogen-bond acceptors (Lipinski definition) is 8. The van der Waals surface area contributed by atoms with Crippen molar-refractivity contribution < 1.29 is 14.3 Å². The number of piperazine rings is 1. The van der Waals surface area contributed by atoms with Crippen LogP contribution in [0.5, 0.6) is 11.5 Å². The molecule has 4 heterocycles. The molecule has 1 aliphatic heterocycles. The quantitative estimate of drug-likeness (QED) is 0.298. The van der Waals surface area contributed by atoms with Crippen LogP contribution in [0, 0.1) is 18.3 Å². The number of aromatic amines is 1. The van der Waals surface area contributed by atoms with Crippen LogP contribution in [0.4, 0.5) is 4.79 Å². The van der Waals surface area contributed by atoms with Gasteiger partial charge in [0.15, 0.2) is 5.75 Å². The molecule has 11 nitrogen and oxygen atoms in total. The predicted octanol–water partition coefficient (Wildman–Crippen LogP) is 5.37. The van der Waals surface area contributed by atoms with E-state index < -0.39 is 17.7 Å². The van der Waals surface area contributed by atoms with E-state index in [1.54, 1.807) is 22.0 Å². The molecular formula is C31H32N8O3. The molecule has 0 bridgehead atoms. The summed E-state index contributed by atoms with van der Waals surface area (Å²) in [6, 6.07) is 11.5. The van der Waals surface area contributed by atoms with Gasteiger partial charge in [-0.15, -0.1) is 0 Å². The highest BCUT2D eigenvalue weighted by Gasteiger charge is 2.35. The highest BCUT2D eigenvalue weighted by molar-refractivity contribution is 5.94. The molecule has 1 unspecified atom stereocenters. The molecule has 1 saturated heterocycles. The average molecular weight is 565 g/mol. The number of nitriles is 1. The number of aryl methyl sites for hydroxylation is 2. The molecule has 0 aliphatic carbocycles. The first-order chi connectivity index (χ1) is 20.1. The fraction of sp³-hybridized carbons (Fsp3) is 0.323. The van der Waals surface area contributed by atoms with Gasteiger partial charge in [0.1, 0.15) is 22.9 Å². The van der Waals surface area contributed by atoms with Gasteiger partial charge in [-0.1, -0.05) is 18.2 Å². The zero-order valence-corrected chi connectivity index (χ0v) is 24.2. The SMILES string of the molecule is Cc1ccc2[nH]ncc2c1Oc1cccc2c(C3CNCCN3C(=O)OC(C)(C)C)c(C#N)c(-c3cnn(C)c3)nc12. The van der Waals surface area contributed by atoms with Gasteiger partial charge in [-0.2, -0.15) is 15.5 Å². The lowest BCUT2D eigenvalue weighted by atomic mass is 9.91. The number of benzene rings is 2. The molecule has 0 radical (unpaired) electrons. The molecule has 0 saturated carbocycles. The van der Waals surface area contributed by atoms with Crippen molar-refractivity contribution in [2.45, 2.75) is 39.3 Å². The summed E-state index contributed by atoms with van der Waals surface area (Å²) in [4.78, 5) is 20.2. The first-order valence-corrected chi connectivity index (χ1v) is 13.8. The van der Waals surface area contributed by atoms with Crippen LogP contribution in [-0.4, -0.2) is 61.2 Å². The number of carbonyl (C=O) groups is 1. The van der Waals surface area contributed by atoms with Crippen LogP contribution >= 0.6 is 0 Å². The van der Waals surface area contributed by atoms with Crippen molar-refractivity contribution in [1.29, 1.82) is 5.26 Å². The summed E-state index contributed by atoms with van der Waals surface area (Å²) in [5, 5.41) is 27.1. The minimum atomic E-state index is -0.668. The van der Waals surface area contributed by atoms with Gasteiger partial charge in [0.05, 0.1) is 40.6 Å². The standard InChI is InChI=1S/C31H32N8O3/c1-18-9-10-23-22(15-34-37-23)29(18)41-25-8-6-7-20-26(24-16-33-11-12-39(24)30(40)42-31(2,3)4)21(13-32)27(36-28(20)25)19-14-35-38(5)17-19/h6-10,14-15,17,24,33H,11-12,16H2,1-5H3,(H,34,37). The maximum Gasteiger partial charge on any atom is 0.410 e. The van der Waals surface area contributed by atoms with E-state index in [1.165, 1.54) is 0 Å². The van der Waals surface area contributed by atoms with Gasteiger partial charge in [0, 0.05) is 49.4 Å². The second-order valence-electron chi connectivity index (χ2n) is 11.5. The van der Waals surface area contributed by atoms with E-state index in [9.17, 15) is 10.1 Å². The molecule has 11 heteroatoms. The molecule has 3 aromatic heterocycles. The Bertz CT molecular complexity index is 1860. The third-order valence-corrected chi connectivity index (χ3v) is 7.30. The number of H-pyrrole nitrogens is 1. The molecule has 0 spiro atoms. The number of nitrogens with zero attached hydrogens (tertiary/aromatic N) is 6. The van der Waals surface area contributed by atoms with E-state index in [-0.39, 0.29) is 0 Å². The minimum absolute atomic E-state index is 0.378. The van der Waals surface area contributed by atoms with Crippen molar-refractivity contribution in [3.8, 4) is 28.8 Å². The highest BCUT2D eigenvalue weighted by Crippen LogP contribution is 2.41. The van der Waals surface area contributed by atoms with Crippen molar-refractivity contribution >= 4 is 27.9 Å². The number of aromatic nitrogens is 5. The summed E-state index contributed by atoms with van der Waals surface area (Å²) >= 11 is 0. The van der Waals surface area contributed by atoms with Crippen molar-refractivity contribution in [2.75, 3.05) is 19.6 Å². The van der Waals surface area contributed by atoms with Crippen LogP contribution in [-0.2, 0) is 11.8 Å². The maximum atomic E-state index is 13.5. The Morgan fingerprint density at radius 2 is 2.00 bits per heavy atom. The van der Waals surface area contributed by atoms with Gasteiger partial charge in [0.25, 0.3) is 0 Å². The number of para-hydroxylation sites is 1. The van der Waals surface area contributed by atoms with Gasteiger partial charge >= 0.3 is 6.09 Å². The number of carbonyl (C=O) groups excluding carboxylic acids is 1. The molecule has 1 aliphatic rings. The normalized spacial score (nSPS) is 15.6. The Morgan fingerprint density at radius 1 is 1.17 bits per heavy atom. The van der Waals surface area contributed by atoms with E-state index in [2.05, 4.69) is 26.7 Å². The topological polar surface area (TPSA) is 134 Å². The molecule has 1 amide bonds. The van der Waals surface area contributed by atoms with Gasteiger partial charge in [-0.3, -0.25) is 14.7 Å². The van der Waals surface area contributed by atoms with Crippen molar-refractivity contribution in [3.05, 3.63) is 65.6 Å². The van der Waals surface area contributed by atoms with Crippen LogP contribution in [0.2, 0.25) is 0 Å². The summed E-state index contributed by atoms with van der Waals surface area (Å²) in [6.45, 7) is 8.99. The smallest absolute Gasteiger partial charge is 0.410 e. The summed E-state index contributed by atoms with van der Waals surface area (Å²) in [7, 11) is 1.82. The van der Waals surface area contributed by atoms with E-state index in [1.807, 2.05) is 71.3 Å². The number of ether oxygens (including phenoxy) is 2. The van der Waals surface area contributed by atoms with Crippen molar-refractivity contribution in [1.82, 2.24) is 35.2 Å². The molecule has 2 N–H and O–H groups in total. The first kappa shape index (κ1) is 27.2. The highest BCUT2D eigenvalue weighted by atomic mass is 16.6. The Hall–Kier alpha value is -4.95. The molecular weight excluding hydrogens is 532 g/mol.